The van der Waals surface area contributed by atoms with Gasteiger partial charge in [-0.3, -0.25) is 15.1 Å². The van der Waals surface area contributed by atoms with Crippen molar-refractivity contribution in [2.75, 3.05) is 0 Å². The van der Waals surface area contributed by atoms with Crippen LogP contribution < -0.4 is 10.6 Å². The lowest BCUT2D eigenvalue weighted by Crippen LogP contribution is -2.38. The van der Waals surface area contributed by atoms with Crippen LogP contribution in [-0.4, -0.2) is 20.6 Å². The molecule has 0 saturated heterocycles. The number of thiophene rings is 1. The Labute approximate surface area is 172 Å². The van der Waals surface area contributed by atoms with E-state index in [2.05, 4.69) is 45.4 Å². The van der Waals surface area contributed by atoms with Crippen LogP contribution >= 0.6 is 23.6 Å². The van der Waals surface area contributed by atoms with Crippen molar-refractivity contribution in [3.05, 3.63) is 83.1 Å². The molecule has 0 fully saturated rings. The van der Waals surface area contributed by atoms with Crippen molar-refractivity contribution >= 4 is 44.8 Å². The zero-order valence-electron chi connectivity index (χ0n) is 15.2. The molecule has 1 amide bonds. The highest BCUT2D eigenvalue weighted by Crippen LogP contribution is 2.32. The Kier molecular flexibility index (Phi) is 5.18. The van der Waals surface area contributed by atoms with Gasteiger partial charge in [0.1, 0.15) is 4.83 Å². The first-order valence-corrected chi connectivity index (χ1v) is 9.99. The number of carbonyl (C=O) groups is 1. The number of aryl methyl sites for hydroxylation is 1. The number of carbonyl (C=O) groups excluding carboxylic acids is 1. The summed E-state index contributed by atoms with van der Waals surface area (Å²) in [5.41, 5.74) is 3.20. The Morgan fingerprint density at radius 2 is 2.04 bits per heavy atom. The molecule has 2 N–H and O–H groups in total. The minimum atomic E-state index is -0.205. The molecule has 0 saturated carbocycles. The lowest BCUT2D eigenvalue weighted by atomic mass is 10.2. The zero-order valence-corrected chi connectivity index (χ0v) is 16.8. The zero-order chi connectivity index (χ0) is 19.5. The Balaban J connectivity index is 1.49. The Morgan fingerprint density at radius 1 is 1.21 bits per heavy atom. The first-order chi connectivity index (χ1) is 13.6. The SMILES string of the molecule is Cc1cn(-c2ccccc2)c2sc(C(=O)NC(=S)NCc3cccnc3)cc12. The molecule has 0 aliphatic rings. The fourth-order valence-corrected chi connectivity index (χ4v) is 4.23. The largest absolute Gasteiger partial charge is 0.358 e. The molecule has 0 radical (unpaired) electrons. The topological polar surface area (TPSA) is 59.0 Å². The molecule has 4 rings (SSSR count). The second kappa shape index (κ2) is 7.92. The van der Waals surface area contributed by atoms with Crippen LogP contribution in [0, 0.1) is 6.92 Å². The molecule has 28 heavy (non-hydrogen) atoms. The molecule has 3 aromatic heterocycles. The summed E-state index contributed by atoms with van der Waals surface area (Å²) < 4.78 is 2.12. The van der Waals surface area contributed by atoms with Crippen LogP contribution in [0.3, 0.4) is 0 Å². The summed E-state index contributed by atoms with van der Waals surface area (Å²) in [4.78, 5) is 18.4. The summed E-state index contributed by atoms with van der Waals surface area (Å²) in [6, 6.07) is 15.8. The van der Waals surface area contributed by atoms with Crippen LogP contribution in [-0.2, 0) is 6.54 Å². The number of para-hydroxylation sites is 1. The minimum Gasteiger partial charge on any atom is -0.358 e. The van der Waals surface area contributed by atoms with Gasteiger partial charge in [0.15, 0.2) is 5.11 Å². The predicted octanol–water partition coefficient (Wildman–Crippen LogP) is 4.20. The van der Waals surface area contributed by atoms with Crippen molar-refractivity contribution in [2.24, 2.45) is 0 Å². The van der Waals surface area contributed by atoms with Gasteiger partial charge in [-0.2, -0.15) is 0 Å². The minimum absolute atomic E-state index is 0.205. The highest BCUT2D eigenvalue weighted by Gasteiger charge is 2.16. The average molecular weight is 407 g/mol. The maximum Gasteiger partial charge on any atom is 0.267 e. The quantitative estimate of drug-likeness (QED) is 0.499. The number of thiocarbonyl (C=S) groups is 1. The lowest BCUT2D eigenvalue weighted by Gasteiger charge is -2.08. The first kappa shape index (κ1) is 18.3. The normalized spacial score (nSPS) is 10.8. The van der Waals surface area contributed by atoms with Crippen molar-refractivity contribution in [2.45, 2.75) is 13.5 Å². The van der Waals surface area contributed by atoms with E-state index in [0.717, 1.165) is 27.0 Å². The van der Waals surface area contributed by atoms with Crippen molar-refractivity contribution < 1.29 is 4.79 Å². The van der Waals surface area contributed by atoms with Crippen LogP contribution in [0.5, 0.6) is 0 Å². The van der Waals surface area contributed by atoms with Gasteiger partial charge in [0.2, 0.25) is 0 Å². The van der Waals surface area contributed by atoms with Gasteiger partial charge < -0.3 is 9.88 Å². The summed E-state index contributed by atoms with van der Waals surface area (Å²) in [7, 11) is 0. The van der Waals surface area contributed by atoms with E-state index in [4.69, 9.17) is 12.2 Å². The molecule has 0 unspecified atom stereocenters. The molecule has 5 nitrogen and oxygen atoms in total. The summed E-state index contributed by atoms with van der Waals surface area (Å²) >= 11 is 6.71. The van der Waals surface area contributed by atoms with E-state index in [9.17, 15) is 4.79 Å². The van der Waals surface area contributed by atoms with E-state index in [1.807, 2.05) is 36.4 Å². The molecule has 4 aromatic rings. The van der Waals surface area contributed by atoms with Gasteiger partial charge >= 0.3 is 0 Å². The second-order valence-corrected chi connectivity index (χ2v) is 7.78. The van der Waals surface area contributed by atoms with Gasteiger partial charge in [0, 0.05) is 36.2 Å². The lowest BCUT2D eigenvalue weighted by molar-refractivity contribution is 0.0980. The number of nitrogens with one attached hydrogen (secondary N) is 2. The molecule has 0 spiro atoms. The maximum atomic E-state index is 12.6. The molecular weight excluding hydrogens is 388 g/mol. The van der Waals surface area contributed by atoms with E-state index in [0.29, 0.717) is 16.5 Å². The molecule has 0 aliphatic carbocycles. The second-order valence-electron chi connectivity index (χ2n) is 6.35. The van der Waals surface area contributed by atoms with Gasteiger partial charge in [0.25, 0.3) is 5.91 Å². The molecule has 1 aromatic carbocycles. The number of aromatic nitrogens is 2. The number of benzene rings is 1. The van der Waals surface area contributed by atoms with Crippen LogP contribution in [0.1, 0.15) is 20.8 Å². The van der Waals surface area contributed by atoms with Crippen molar-refractivity contribution in [3.8, 4) is 5.69 Å². The Morgan fingerprint density at radius 3 is 2.79 bits per heavy atom. The van der Waals surface area contributed by atoms with E-state index in [-0.39, 0.29) is 5.91 Å². The van der Waals surface area contributed by atoms with Crippen LogP contribution in [0.2, 0.25) is 0 Å². The van der Waals surface area contributed by atoms with Crippen molar-refractivity contribution in [3.63, 3.8) is 0 Å². The van der Waals surface area contributed by atoms with Crippen molar-refractivity contribution in [1.29, 1.82) is 0 Å². The third-order valence-corrected chi connectivity index (χ3v) is 5.72. The highest BCUT2D eigenvalue weighted by molar-refractivity contribution is 7.80. The summed E-state index contributed by atoms with van der Waals surface area (Å²) in [5, 5.41) is 7.17. The van der Waals surface area contributed by atoms with Crippen LogP contribution in [0.15, 0.2) is 67.1 Å². The van der Waals surface area contributed by atoms with Gasteiger partial charge in [-0.15, -0.1) is 11.3 Å². The summed E-state index contributed by atoms with van der Waals surface area (Å²) in [5.74, 6) is -0.205. The number of nitrogens with zero attached hydrogens (tertiary/aromatic N) is 2. The number of fused-ring (bicyclic) bond motifs is 1. The van der Waals surface area contributed by atoms with E-state index >= 15 is 0 Å². The molecule has 7 heteroatoms. The number of hydrogen-bond acceptors (Lipinski definition) is 4. The smallest absolute Gasteiger partial charge is 0.267 e. The van der Waals surface area contributed by atoms with Crippen LogP contribution in [0.4, 0.5) is 0 Å². The number of hydrogen-bond donors (Lipinski definition) is 2. The highest BCUT2D eigenvalue weighted by atomic mass is 32.1. The Bertz CT molecular complexity index is 1130. The molecule has 3 heterocycles. The summed E-state index contributed by atoms with van der Waals surface area (Å²) in [6.07, 6.45) is 5.57. The number of pyridine rings is 1. The van der Waals surface area contributed by atoms with Crippen LogP contribution in [0.25, 0.3) is 15.9 Å². The van der Waals surface area contributed by atoms with Gasteiger partial charge in [-0.05, 0) is 54.5 Å². The molecule has 0 bridgehead atoms. The van der Waals surface area contributed by atoms with E-state index < -0.39 is 0 Å². The summed E-state index contributed by atoms with van der Waals surface area (Å²) in [6.45, 7) is 2.56. The maximum absolute atomic E-state index is 12.6. The monoisotopic (exact) mass is 406 g/mol. The van der Waals surface area contributed by atoms with E-state index in [1.54, 1.807) is 12.4 Å². The molecule has 0 atom stereocenters. The van der Waals surface area contributed by atoms with E-state index in [1.165, 1.54) is 11.3 Å². The molecule has 140 valence electrons. The third-order valence-electron chi connectivity index (χ3n) is 4.34. The van der Waals surface area contributed by atoms with Gasteiger partial charge in [-0.1, -0.05) is 24.3 Å². The predicted molar refractivity (Wildman–Crippen MR) is 117 cm³/mol. The van der Waals surface area contributed by atoms with Gasteiger partial charge in [0.05, 0.1) is 4.88 Å². The fraction of sp³-hybridized carbons (Fsp3) is 0.0952. The molecule has 0 aliphatic heterocycles. The molecular formula is C21H18N4OS2. The standard InChI is InChI=1S/C21H18N4OS2/c1-14-13-25(16-7-3-2-4-8-16)20-17(14)10-18(28-20)19(26)24-21(27)23-12-15-6-5-9-22-11-15/h2-11,13H,12H2,1H3,(H2,23,24,26,27). The first-order valence-electron chi connectivity index (χ1n) is 8.77. The fourth-order valence-electron chi connectivity index (χ4n) is 2.95. The number of amides is 1. The Hall–Kier alpha value is -3.03. The average Bonchev–Trinajstić information content (AvgIpc) is 3.29. The number of rotatable bonds is 4. The third kappa shape index (κ3) is 3.81. The van der Waals surface area contributed by atoms with Gasteiger partial charge in [-0.25, -0.2) is 0 Å². The van der Waals surface area contributed by atoms with Crippen molar-refractivity contribution in [1.82, 2.24) is 20.2 Å².